The van der Waals surface area contributed by atoms with E-state index < -0.39 is 0 Å². The van der Waals surface area contributed by atoms with E-state index in [2.05, 4.69) is 11.9 Å². The molecule has 1 heterocycles. The summed E-state index contributed by atoms with van der Waals surface area (Å²) in [5, 5.41) is 0. The van der Waals surface area contributed by atoms with Gasteiger partial charge in [0.15, 0.2) is 0 Å². The summed E-state index contributed by atoms with van der Waals surface area (Å²) in [4.78, 5) is 4.11. The van der Waals surface area contributed by atoms with Gasteiger partial charge in [-0.3, -0.25) is 4.98 Å². The topological polar surface area (TPSA) is 22.1 Å². The van der Waals surface area contributed by atoms with Crippen LogP contribution < -0.4 is 4.74 Å². The fraction of sp³-hybridized carbons (Fsp3) is 0.417. The van der Waals surface area contributed by atoms with Gasteiger partial charge in [0, 0.05) is 12.1 Å². The van der Waals surface area contributed by atoms with Crippen LogP contribution in [0, 0.1) is 0 Å². The number of halogens is 1. The van der Waals surface area contributed by atoms with Gasteiger partial charge in [-0.25, -0.2) is 0 Å². The van der Waals surface area contributed by atoms with Crippen molar-refractivity contribution in [2.45, 2.75) is 19.8 Å². The quantitative estimate of drug-likeness (QED) is 0.692. The minimum absolute atomic E-state index is 0.649. The van der Waals surface area contributed by atoms with Crippen LogP contribution in [0.1, 0.15) is 25.3 Å². The van der Waals surface area contributed by atoms with Crippen molar-refractivity contribution in [2.24, 2.45) is 0 Å². The zero-order chi connectivity index (χ0) is 10.9. The van der Waals surface area contributed by atoms with Gasteiger partial charge in [0.2, 0.25) is 0 Å². The smallest absolute Gasteiger partial charge is 0.138 e. The van der Waals surface area contributed by atoms with Crippen molar-refractivity contribution in [1.82, 2.24) is 4.98 Å². The van der Waals surface area contributed by atoms with Crippen molar-refractivity contribution in [1.29, 1.82) is 0 Å². The average Bonchev–Trinajstić information content (AvgIpc) is 2.27. The molecule has 0 fully saturated rings. The van der Waals surface area contributed by atoms with Crippen molar-refractivity contribution in [3.63, 3.8) is 0 Å². The Morgan fingerprint density at radius 1 is 1.47 bits per heavy atom. The van der Waals surface area contributed by atoms with Crippen molar-refractivity contribution < 1.29 is 4.74 Å². The third-order valence-corrected chi connectivity index (χ3v) is 2.01. The third-order valence-electron chi connectivity index (χ3n) is 1.79. The number of ether oxygens (including phenoxy) is 1. The summed E-state index contributed by atoms with van der Waals surface area (Å²) in [5.74, 6) is 1.47. The number of hydrogen-bond donors (Lipinski definition) is 0. The van der Waals surface area contributed by atoms with Gasteiger partial charge in [-0.05, 0) is 24.5 Å². The lowest BCUT2D eigenvalue weighted by Crippen LogP contribution is -1.95. The van der Waals surface area contributed by atoms with E-state index in [1.54, 1.807) is 6.20 Å². The normalized spacial score (nSPS) is 10.8. The summed E-state index contributed by atoms with van der Waals surface area (Å²) < 4.78 is 5.48. The summed E-state index contributed by atoms with van der Waals surface area (Å²) in [7, 11) is 0. The SMILES string of the molecule is CCCOc1cncc(/C=C/CCCl)c1. The van der Waals surface area contributed by atoms with E-state index in [-0.39, 0.29) is 0 Å². The maximum atomic E-state index is 5.58. The lowest BCUT2D eigenvalue weighted by atomic mass is 10.2. The molecule has 0 unspecified atom stereocenters. The number of aromatic nitrogens is 1. The lowest BCUT2D eigenvalue weighted by Gasteiger charge is -2.03. The monoisotopic (exact) mass is 225 g/mol. The Hall–Kier alpha value is -1.02. The third kappa shape index (κ3) is 4.84. The first kappa shape index (κ1) is 12.1. The van der Waals surface area contributed by atoms with Gasteiger partial charge in [-0.1, -0.05) is 19.1 Å². The van der Waals surface area contributed by atoms with Gasteiger partial charge in [-0.15, -0.1) is 11.6 Å². The lowest BCUT2D eigenvalue weighted by molar-refractivity contribution is 0.316. The molecule has 0 aliphatic rings. The molecule has 1 aromatic heterocycles. The maximum absolute atomic E-state index is 5.58. The van der Waals surface area contributed by atoms with Crippen LogP contribution in [0.4, 0.5) is 0 Å². The first-order valence-electron chi connectivity index (χ1n) is 5.17. The predicted molar refractivity (Wildman–Crippen MR) is 64.4 cm³/mol. The number of hydrogen-bond acceptors (Lipinski definition) is 2. The second-order valence-corrected chi connectivity index (χ2v) is 3.56. The number of pyridine rings is 1. The summed E-state index contributed by atoms with van der Waals surface area (Å²) >= 11 is 5.58. The summed E-state index contributed by atoms with van der Waals surface area (Å²) in [5.41, 5.74) is 1.05. The molecule has 0 saturated carbocycles. The Morgan fingerprint density at radius 2 is 2.33 bits per heavy atom. The molecule has 0 atom stereocenters. The number of rotatable bonds is 6. The molecular weight excluding hydrogens is 210 g/mol. The Bertz CT molecular complexity index is 312. The van der Waals surface area contributed by atoms with E-state index in [0.717, 1.165) is 30.8 Å². The molecule has 1 rings (SSSR count). The van der Waals surface area contributed by atoms with E-state index in [0.29, 0.717) is 5.88 Å². The molecular formula is C12H16ClNO. The van der Waals surface area contributed by atoms with E-state index in [1.165, 1.54) is 0 Å². The molecule has 0 N–H and O–H groups in total. The Kier molecular flexibility index (Phi) is 5.86. The van der Waals surface area contributed by atoms with Crippen LogP contribution >= 0.6 is 11.6 Å². The van der Waals surface area contributed by atoms with E-state index in [1.807, 2.05) is 24.4 Å². The van der Waals surface area contributed by atoms with Gasteiger partial charge in [0.25, 0.3) is 0 Å². The van der Waals surface area contributed by atoms with Gasteiger partial charge in [-0.2, -0.15) is 0 Å². The minimum Gasteiger partial charge on any atom is -0.492 e. The molecule has 0 spiro atoms. The number of alkyl halides is 1. The van der Waals surface area contributed by atoms with Gasteiger partial charge >= 0.3 is 0 Å². The summed E-state index contributed by atoms with van der Waals surface area (Å²) in [6.07, 6.45) is 9.47. The molecule has 0 bridgehead atoms. The molecule has 0 aliphatic heterocycles. The van der Waals surface area contributed by atoms with E-state index in [4.69, 9.17) is 16.3 Å². The summed E-state index contributed by atoms with van der Waals surface area (Å²) in [6.45, 7) is 2.81. The largest absolute Gasteiger partial charge is 0.492 e. The second-order valence-electron chi connectivity index (χ2n) is 3.18. The minimum atomic E-state index is 0.649. The zero-order valence-corrected chi connectivity index (χ0v) is 9.70. The Balaban J connectivity index is 2.57. The van der Waals surface area contributed by atoms with Crippen LogP contribution in [0.2, 0.25) is 0 Å². The van der Waals surface area contributed by atoms with Crippen LogP contribution in [0.25, 0.3) is 6.08 Å². The van der Waals surface area contributed by atoms with Gasteiger partial charge in [0.1, 0.15) is 5.75 Å². The Labute approximate surface area is 95.9 Å². The van der Waals surface area contributed by atoms with E-state index >= 15 is 0 Å². The highest BCUT2D eigenvalue weighted by Gasteiger charge is 1.94. The highest BCUT2D eigenvalue weighted by Crippen LogP contribution is 2.12. The first-order chi connectivity index (χ1) is 7.36. The molecule has 3 heteroatoms. The average molecular weight is 226 g/mol. The van der Waals surface area contributed by atoms with Crippen molar-refractivity contribution >= 4 is 17.7 Å². The Morgan fingerprint density at radius 3 is 3.07 bits per heavy atom. The number of allylic oxidation sites excluding steroid dienone is 1. The zero-order valence-electron chi connectivity index (χ0n) is 8.95. The highest BCUT2D eigenvalue weighted by molar-refractivity contribution is 6.17. The molecule has 0 aromatic carbocycles. The standard InChI is InChI=1S/C12H16ClNO/c1-2-7-15-12-8-11(9-14-10-12)5-3-4-6-13/h3,5,8-10H,2,4,6-7H2,1H3/b5-3+. The van der Waals surface area contributed by atoms with E-state index in [9.17, 15) is 0 Å². The summed E-state index contributed by atoms with van der Waals surface area (Å²) in [6, 6.07) is 1.98. The first-order valence-corrected chi connectivity index (χ1v) is 5.70. The fourth-order valence-electron chi connectivity index (χ4n) is 1.11. The van der Waals surface area contributed by atoms with Crippen LogP contribution in [0.3, 0.4) is 0 Å². The second kappa shape index (κ2) is 7.30. The number of nitrogens with zero attached hydrogens (tertiary/aromatic N) is 1. The van der Waals surface area contributed by atoms with Crippen LogP contribution in [-0.2, 0) is 0 Å². The molecule has 82 valence electrons. The van der Waals surface area contributed by atoms with Crippen LogP contribution in [0.15, 0.2) is 24.5 Å². The highest BCUT2D eigenvalue weighted by atomic mass is 35.5. The molecule has 2 nitrogen and oxygen atoms in total. The molecule has 0 amide bonds. The predicted octanol–water partition coefficient (Wildman–Crippen LogP) is 3.51. The van der Waals surface area contributed by atoms with Crippen molar-refractivity contribution in [2.75, 3.05) is 12.5 Å². The molecule has 0 aliphatic carbocycles. The molecule has 0 saturated heterocycles. The van der Waals surface area contributed by atoms with Gasteiger partial charge < -0.3 is 4.74 Å². The fourth-order valence-corrected chi connectivity index (χ4v) is 1.23. The maximum Gasteiger partial charge on any atom is 0.138 e. The molecule has 1 aromatic rings. The van der Waals surface area contributed by atoms with Gasteiger partial charge in [0.05, 0.1) is 12.8 Å². The van der Waals surface area contributed by atoms with Crippen molar-refractivity contribution in [3.8, 4) is 5.75 Å². The molecule has 0 radical (unpaired) electrons. The van der Waals surface area contributed by atoms with Crippen molar-refractivity contribution in [3.05, 3.63) is 30.1 Å². The van der Waals surface area contributed by atoms with Crippen LogP contribution in [0.5, 0.6) is 5.75 Å². The molecule has 15 heavy (non-hydrogen) atoms. The van der Waals surface area contributed by atoms with Crippen LogP contribution in [-0.4, -0.2) is 17.5 Å².